The number of aromatic nitrogens is 5. The van der Waals surface area contributed by atoms with Crippen molar-refractivity contribution in [1.82, 2.24) is 29.0 Å². The molecule has 184 valence electrons. The van der Waals surface area contributed by atoms with Crippen LogP contribution in [0.3, 0.4) is 0 Å². The number of hydrogen-bond acceptors (Lipinski definition) is 6. The van der Waals surface area contributed by atoms with Crippen molar-refractivity contribution in [3.05, 3.63) is 59.8 Å². The average Bonchev–Trinajstić information content (AvgIpc) is 3.58. The summed E-state index contributed by atoms with van der Waals surface area (Å²) in [4.78, 5) is 27.4. The Morgan fingerprint density at radius 2 is 2.11 bits per heavy atom. The Hall–Kier alpha value is -3.87. The lowest BCUT2D eigenvalue weighted by Crippen LogP contribution is -2.37. The van der Waals surface area contributed by atoms with Gasteiger partial charge in [-0.2, -0.15) is 0 Å². The van der Waals surface area contributed by atoms with Crippen LogP contribution in [0.15, 0.2) is 43.6 Å². The topological polar surface area (TPSA) is 104 Å². The second-order valence-corrected chi connectivity index (χ2v) is 9.11. The molecule has 1 saturated heterocycles. The summed E-state index contributed by atoms with van der Waals surface area (Å²) < 4.78 is 9.42. The number of methoxy groups -OCH3 is 1. The summed E-state index contributed by atoms with van der Waals surface area (Å²) in [6, 6.07) is 3.68. The molecular weight excluding hydrogens is 478 g/mol. The van der Waals surface area contributed by atoms with Crippen LogP contribution in [0.2, 0.25) is 5.02 Å². The van der Waals surface area contributed by atoms with Gasteiger partial charge < -0.3 is 24.5 Å². The van der Waals surface area contributed by atoms with E-state index in [2.05, 4.69) is 40.3 Å². The average molecular weight is 504 g/mol. The summed E-state index contributed by atoms with van der Waals surface area (Å²) in [6.07, 6.45) is 7.20. The van der Waals surface area contributed by atoms with Crippen molar-refractivity contribution in [2.75, 3.05) is 26.0 Å². The van der Waals surface area contributed by atoms with E-state index in [4.69, 9.17) is 22.1 Å². The highest BCUT2D eigenvalue weighted by atomic mass is 35.5. The molecule has 1 aromatic carbocycles. The monoisotopic (exact) mass is 503 g/mol. The fraction of sp³-hybridized carbons (Fsp3) is 0.308. The molecular formula is C26H26ClN7O2. The fourth-order valence-corrected chi connectivity index (χ4v) is 5.08. The summed E-state index contributed by atoms with van der Waals surface area (Å²) in [5.74, 6) is 6.63. The summed E-state index contributed by atoms with van der Waals surface area (Å²) in [5.41, 5.74) is 10.1. The number of nitrogens with two attached hydrogens (primary N) is 1. The minimum Gasteiger partial charge on any atom is -0.383 e. The summed E-state index contributed by atoms with van der Waals surface area (Å²) >= 11 is 6.56. The van der Waals surface area contributed by atoms with Gasteiger partial charge in [0.1, 0.15) is 17.8 Å². The first kappa shape index (κ1) is 23.9. The van der Waals surface area contributed by atoms with Gasteiger partial charge in [0.15, 0.2) is 0 Å². The van der Waals surface area contributed by atoms with Crippen molar-refractivity contribution < 1.29 is 9.53 Å². The molecule has 4 aromatic rings. The molecule has 0 bridgehead atoms. The minimum atomic E-state index is -0.124. The number of nitrogen functional groups attached to an aromatic ring is 1. The molecule has 0 unspecified atom stereocenters. The van der Waals surface area contributed by atoms with E-state index in [1.807, 2.05) is 27.5 Å². The SMILES string of the molecule is C=CC(=O)N1C[C@@H](n2cc(C#Cc3cc4ncn(CC)c4cc3Cl)c3c(N)ncnc32)C[C@@H]1COC. The standard InChI is InChI=1S/C26H26ClN7O2/c1-4-23(35)33-12-18(9-19(33)13-36-3)34-11-17(24-25(28)29-14-30-26(24)34)7-6-16-8-21-22(10-20(16)27)32(5-2)15-31-21/h4,8,10-11,14-15,18-19H,1,5,9,12-13H2,2-3H3,(H2,28,29,30)/t18-,19+/m0/s1. The molecule has 0 radical (unpaired) electrons. The van der Waals surface area contributed by atoms with E-state index < -0.39 is 0 Å². The highest BCUT2D eigenvalue weighted by Crippen LogP contribution is 2.33. The number of benzene rings is 1. The molecule has 0 aliphatic carbocycles. The van der Waals surface area contributed by atoms with Crippen LogP contribution in [-0.4, -0.2) is 61.2 Å². The van der Waals surface area contributed by atoms with Crippen molar-refractivity contribution in [2.45, 2.75) is 32.0 Å². The van der Waals surface area contributed by atoms with Crippen LogP contribution in [0.25, 0.3) is 22.1 Å². The molecule has 10 heteroatoms. The number of carbonyl (C=O) groups is 1. The predicted octanol–water partition coefficient (Wildman–Crippen LogP) is 3.41. The van der Waals surface area contributed by atoms with Crippen LogP contribution in [-0.2, 0) is 16.1 Å². The second-order valence-electron chi connectivity index (χ2n) is 8.70. The number of fused-ring (bicyclic) bond motifs is 2. The van der Waals surface area contributed by atoms with Crippen molar-refractivity contribution in [3.8, 4) is 11.8 Å². The number of anilines is 1. The van der Waals surface area contributed by atoms with Crippen molar-refractivity contribution in [2.24, 2.45) is 0 Å². The smallest absolute Gasteiger partial charge is 0.246 e. The Balaban J connectivity index is 1.56. The van der Waals surface area contributed by atoms with Gasteiger partial charge in [0.2, 0.25) is 5.91 Å². The van der Waals surface area contributed by atoms with Crippen LogP contribution < -0.4 is 5.73 Å². The van der Waals surface area contributed by atoms with E-state index in [1.165, 1.54) is 12.4 Å². The van der Waals surface area contributed by atoms with Gasteiger partial charge in [0.05, 0.1) is 52.0 Å². The molecule has 1 fully saturated rings. The highest BCUT2D eigenvalue weighted by Gasteiger charge is 2.36. The first-order valence-electron chi connectivity index (χ1n) is 11.6. The molecule has 1 amide bonds. The molecule has 4 heterocycles. The van der Waals surface area contributed by atoms with Crippen LogP contribution in [0.4, 0.5) is 5.82 Å². The first-order chi connectivity index (χ1) is 17.4. The van der Waals surface area contributed by atoms with Gasteiger partial charge in [-0.15, -0.1) is 0 Å². The normalized spacial score (nSPS) is 17.5. The Labute approximate surface area is 213 Å². The molecule has 1 aliphatic heterocycles. The first-order valence-corrected chi connectivity index (χ1v) is 12.0. The number of ether oxygens (including phenoxy) is 1. The van der Waals surface area contributed by atoms with Gasteiger partial charge in [-0.25, -0.2) is 15.0 Å². The molecule has 0 saturated carbocycles. The Bertz CT molecular complexity index is 1540. The number of imidazole rings is 1. The zero-order chi connectivity index (χ0) is 25.4. The van der Waals surface area contributed by atoms with Crippen molar-refractivity contribution in [3.63, 3.8) is 0 Å². The lowest BCUT2D eigenvalue weighted by molar-refractivity contribution is -0.127. The van der Waals surface area contributed by atoms with E-state index in [0.717, 1.165) is 17.6 Å². The van der Waals surface area contributed by atoms with Crippen LogP contribution >= 0.6 is 11.6 Å². The Morgan fingerprint density at radius 3 is 2.86 bits per heavy atom. The predicted molar refractivity (Wildman–Crippen MR) is 140 cm³/mol. The number of hydrogen-bond donors (Lipinski definition) is 1. The molecule has 3 aromatic heterocycles. The van der Waals surface area contributed by atoms with E-state index in [-0.39, 0.29) is 18.0 Å². The van der Waals surface area contributed by atoms with E-state index in [0.29, 0.717) is 52.6 Å². The molecule has 36 heavy (non-hydrogen) atoms. The zero-order valence-corrected chi connectivity index (χ0v) is 20.9. The number of carbonyl (C=O) groups excluding carboxylic acids is 1. The summed E-state index contributed by atoms with van der Waals surface area (Å²) in [6.45, 7) is 7.44. The maximum Gasteiger partial charge on any atom is 0.246 e. The molecule has 0 spiro atoms. The quantitative estimate of drug-likeness (QED) is 0.330. The summed E-state index contributed by atoms with van der Waals surface area (Å²) in [5, 5.41) is 1.23. The van der Waals surface area contributed by atoms with Crippen molar-refractivity contribution in [1.29, 1.82) is 0 Å². The van der Waals surface area contributed by atoms with Gasteiger partial charge >= 0.3 is 0 Å². The van der Waals surface area contributed by atoms with E-state index in [1.54, 1.807) is 18.3 Å². The van der Waals surface area contributed by atoms with Gasteiger partial charge in [0, 0.05) is 32.0 Å². The second kappa shape index (κ2) is 9.64. The molecule has 5 rings (SSSR count). The number of aryl methyl sites for hydroxylation is 1. The Kier molecular flexibility index (Phi) is 6.39. The molecule has 9 nitrogen and oxygen atoms in total. The third-order valence-electron chi connectivity index (χ3n) is 6.62. The van der Waals surface area contributed by atoms with Gasteiger partial charge in [-0.05, 0) is 31.6 Å². The van der Waals surface area contributed by atoms with E-state index in [9.17, 15) is 4.79 Å². The molecule has 1 aliphatic rings. The lowest BCUT2D eigenvalue weighted by Gasteiger charge is -2.22. The molecule has 2 N–H and O–H groups in total. The highest BCUT2D eigenvalue weighted by molar-refractivity contribution is 6.32. The number of nitrogens with zero attached hydrogens (tertiary/aromatic N) is 6. The van der Waals surface area contributed by atoms with Gasteiger partial charge in [-0.3, -0.25) is 4.79 Å². The zero-order valence-electron chi connectivity index (χ0n) is 20.1. The van der Waals surface area contributed by atoms with E-state index >= 15 is 0 Å². The van der Waals surface area contributed by atoms with Crippen LogP contribution in [0.5, 0.6) is 0 Å². The van der Waals surface area contributed by atoms with Gasteiger partial charge in [-0.1, -0.05) is 30.0 Å². The summed E-state index contributed by atoms with van der Waals surface area (Å²) in [7, 11) is 1.63. The third kappa shape index (κ3) is 4.08. The minimum absolute atomic E-state index is 0.0284. The Morgan fingerprint density at radius 1 is 1.31 bits per heavy atom. The fourth-order valence-electron chi connectivity index (χ4n) is 4.87. The number of rotatable bonds is 5. The largest absolute Gasteiger partial charge is 0.383 e. The number of amides is 1. The third-order valence-corrected chi connectivity index (χ3v) is 6.94. The molecule has 2 atom stereocenters. The number of halogens is 1. The lowest BCUT2D eigenvalue weighted by atomic mass is 10.1. The van der Waals surface area contributed by atoms with Crippen LogP contribution in [0.1, 0.15) is 30.5 Å². The number of likely N-dealkylation sites (tertiary alicyclic amines) is 1. The maximum absolute atomic E-state index is 12.5. The van der Waals surface area contributed by atoms with Crippen LogP contribution in [0, 0.1) is 11.8 Å². The van der Waals surface area contributed by atoms with Crippen molar-refractivity contribution >= 4 is 45.4 Å². The maximum atomic E-state index is 12.5. The van der Waals surface area contributed by atoms with Gasteiger partial charge in [0.25, 0.3) is 0 Å².